The van der Waals surface area contributed by atoms with Crippen molar-refractivity contribution in [3.8, 4) is 44.5 Å². The highest BCUT2D eigenvalue weighted by Crippen LogP contribution is 2.40. The molecule has 0 atom stereocenters. The quantitative estimate of drug-likeness (QED) is 0.0858. The molecule has 2 aliphatic rings. The Bertz CT molecular complexity index is 2820. The van der Waals surface area contributed by atoms with Gasteiger partial charge in [-0.1, -0.05) is 72.8 Å². The fraction of sp³-hybridized carbons (Fsp3) is 0. The molecule has 0 amide bonds. The van der Waals surface area contributed by atoms with Gasteiger partial charge in [-0.25, -0.2) is 29.1 Å². The van der Waals surface area contributed by atoms with Gasteiger partial charge in [0.1, 0.15) is 0 Å². The molecule has 6 N–H and O–H groups in total. The van der Waals surface area contributed by atoms with Gasteiger partial charge in [0.15, 0.2) is 0 Å². The monoisotopic (exact) mass is 790 g/mol. The smallest absolute Gasteiger partial charge is 0.336 e. The van der Waals surface area contributed by atoms with Crippen molar-refractivity contribution in [3.63, 3.8) is 0 Å². The highest BCUT2D eigenvalue weighted by atomic mass is 16.4. The number of aromatic amines is 2. The van der Waals surface area contributed by atoms with Crippen molar-refractivity contribution in [1.29, 1.82) is 0 Å². The molecule has 0 radical (unpaired) electrons. The van der Waals surface area contributed by atoms with Gasteiger partial charge in [0, 0.05) is 66.6 Å². The Kier molecular flexibility index (Phi) is 9.06. The van der Waals surface area contributed by atoms with Crippen LogP contribution in [0.2, 0.25) is 0 Å². The molecule has 0 fully saturated rings. The lowest BCUT2D eigenvalue weighted by molar-refractivity contribution is 0.0687. The van der Waals surface area contributed by atoms with E-state index >= 15 is 0 Å². The summed E-state index contributed by atoms with van der Waals surface area (Å²) in [5, 5.41) is 41.5. The minimum atomic E-state index is -1.17. The first-order valence-electron chi connectivity index (χ1n) is 18.6. The van der Waals surface area contributed by atoms with E-state index in [9.17, 15) is 39.6 Å². The maximum atomic E-state index is 12.7. The topological polar surface area (TPSA) is 207 Å². The maximum Gasteiger partial charge on any atom is 0.336 e. The van der Waals surface area contributed by atoms with Crippen LogP contribution in [0, 0.1) is 0 Å². The minimum absolute atomic E-state index is 0.00418. The molecular formula is C48H30N4O8. The Morgan fingerprint density at radius 1 is 0.333 bits per heavy atom. The van der Waals surface area contributed by atoms with Crippen molar-refractivity contribution in [3.05, 3.63) is 166 Å². The predicted molar refractivity (Wildman–Crippen MR) is 228 cm³/mol. The van der Waals surface area contributed by atoms with Crippen LogP contribution in [0.3, 0.4) is 0 Å². The van der Waals surface area contributed by atoms with Crippen LogP contribution in [0.25, 0.3) is 90.9 Å². The number of aromatic carboxylic acids is 4. The molecule has 290 valence electrons. The number of carbonyl (C=O) groups is 4. The number of nitrogens with zero attached hydrogens (tertiary/aromatic N) is 2. The van der Waals surface area contributed by atoms with Gasteiger partial charge < -0.3 is 30.4 Å². The summed E-state index contributed by atoms with van der Waals surface area (Å²) in [5.41, 5.74) is 6.29. The van der Waals surface area contributed by atoms with E-state index in [0.29, 0.717) is 89.4 Å². The number of carboxylic acid groups (broad SMARTS) is 4. The molecule has 3 aromatic heterocycles. The third kappa shape index (κ3) is 6.30. The predicted octanol–water partition coefficient (Wildman–Crippen LogP) is 10.1. The molecule has 9 rings (SSSR count). The summed E-state index contributed by atoms with van der Waals surface area (Å²) in [4.78, 5) is 67.9. The van der Waals surface area contributed by atoms with Crippen LogP contribution >= 0.6 is 0 Å². The normalized spacial score (nSPS) is 11.7. The number of benzene rings is 4. The van der Waals surface area contributed by atoms with Gasteiger partial charge in [0.2, 0.25) is 0 Å². The van der Waals surface area contributed by atoms with Crippen LogP contribution in [-0.2, 0) is 0 Å². The molecule has 4 aromatic carbocycles. The van der Waals surface area contributed by atoms with E-state index < -0.39 is 23.9 Å². The van der Waals surface area contributed by atoms with Crippen molar-refractivity contribution < 1.29 is 39.6 Å². The Hall–Kier alpha value is -8.64. The number of nitrogens with one attached hydrogen (secondary N) is 2. The number of fused-ring (bicyclic) bond motifs is 8. The summed E-state index contributed by atoms with van der Waals surface area (Å²) >= 11 is 0. The van der Waals surface area contributed by atoms with Gasteiger partial charge in [-0.05, 0) is 72.8 Å². The van der Waals surface area contributed by atoms with Crippen molar-refractivity contribution in [2.75, 3.05) is 0 Å². The number of hydrogen-bond acceptors (Lipinski definition) is 6. The third-order valence-electron chi connectivity index (χ3n) is 10.5. The minimum Gasteiger partial charge on any atom is -0.478 e. The first-order valence-corrected chi connectivity index (χ1v) is 18.6. The summed E-state index contributed by atoms with van der Waals surface area (Å²) in [6.07, 6.45) is 6.91. The lowest BCUT2D eigenvalue weighted by atomic mass is 9.98. The summed E-state index contributed by atoms with van der Waals surface area (Å²) in [6, 6.07) is 33.1. The lowest BCUT2D eigenvalue weighted by Gasteiger charge is -2.10. The fourth-order valence-electron chi connectivity index (χ4n) is 7.89. The Morgan fingerprint density at radius 2 is 0.550 bits per heavy atom. The van der Waals surface area contributed by atoms with Crippen molar-refractivity contribution in [1.82, 2.24) is 19.9 Å². The summed E-state index contributed by atoms with van der Waals surface area (Å²) in [7, 11) is 0. The Morgan fingerprint density at radius 3 is 0.767 bits per heavy atom. The molecule has 8 bridgehead atoms. The Labute approximate surface area is 339 Å². The Balaban J connectivity index is 1.53. The van der Waals surface area contributed by atoms with Crippen LogP contribution in [0.5, 0.6) is 0 Å². The third-order valence-corrected chi connectivity index (χ3v) is 10.5. The van der Waals surface area contributed by atoms with Gasteiger partial charge in [0.05, 0.1) is 45.0 Å². The molecule has 0 spiro atoms. The molecule has 5 heterocycles. The molecule has 2 aliphatic heterocycles. The van der Waals surface area contributed by atoms with Gasteiger partial charge >= 0.3 is 23.9 Å². The number of hydrogen-bond donors (Lipinski definition) is 6. The maximum absolute atomic E-state index is 12.7. The molecule has 0 saturated heterocycles. The zero-order valence-corrected chi connectivity index (χ0v) is 31.2. The van der Waals surface area contributed by atoms with Crippen molar-refractivity contribution in [2.24, 2.45) is 0 Å². The van der Waals surface area contributed by atoms with Gasteiger partial charge in [-0.15, -0.1) is 0 Å². The standard InChI is InChI=1S/C48H30N4O8/c53-45(54)29-13-5-1-9-25(29)41-33-17-19-35(49-33)42(26-10-2-6-14-30(26)46(55)56)37-21-23-39(51-37)44(28-12-4-8-16-32(28)48(59)60)40-24-22-38(52-40)43(36-20-18-34(41)50-36)27-11-3-7-15-31(27)47(57)58/h1-24,49,52H,(H,53,54)(H,55,56)(H,57,58)(H,59,60). The first kappa shape index (κ1) is 37.0. The fourth-order valence-corrected chi connectivity index (χ4v) is 7.89. The zero-order valence-electron chi connectivity index (χ0n) is 31.2. The highest BCUT2D eigenvalue weighted by Gasteiger charge is 2.24. The number of aromatic nitrogens is 4. The molecule has 0 saturated carbocycles. The van der Waals surface area contributed by atoms with E-state index in [1.165, 1.54) is 24.3 Å². The lowest BCUT2D eigenvalue weighted by Crippen LogP contribution is -2.01. The second-order valence-corrected chi connectivity index (χ2v) is 13.9. The van der Waals surface area contributed by atoms with Crippen molar-refractivity contribution in [2.45, 2.75) is 0 Å². The van der Waals surface area contributed by atoms with E-state index in [4.69, 9.17) is 9.97 Å². The molecule has 12 nitrogen and oxygen atoms in total. The first-order chi connectivity index (χ1) is 29.1. The molecule has 0 unspecified atom stereocenters. The molecular weight excluding hydrogens is 761 g/mol. The largest absolute Gasteiger partial charge is 0.478 e. The average Bonchev–Trinajstić information content (AvgIpc) is 4.09. The average molecular weight is 791 g/mol. The van der Waals surface area contributed by atoms with Crippen LogP contribution < -0.4 is 0 Å². The van der Waals surface area contributed by atoms with Crippen LogP contribution in [0.15, 0.2) is 121 Å². The van der Waals surface area contributed by atoms with Gasteiger partial charge in [-0.3, -0.25) is 0 Å². The van der Waals surface area contributed by atoms with E-state index in [0.717, 1.165) is 0 Å². The van der Waals surface area contributed by atoms with Crippen LogP contribution in [0.4, 0.5) is 0 Å². The van der Waals surface area contributed by atoms with Crippen LogP contribution in [-0.4, -0.2) is 64.2 Å². The second-order valence-electron chi connectivity index (χ2n) is 13.9. The van der Waals surface area contributed by atoms with Gasteiger partial charge in [0.25, 0.3) is 0 Å². The molecule has 7 aromatic rings. The van der Waals surface area contributed by atoms with E-state index in [2.05, 4.69) is 9.97 Å². The summed E-state index contributed by atoms with van der Waals surface area (Å²) in [5.74, 6) is -4.67. The highest BCUT2D eigenvalue weighted by molar-refractivity contribution is 6.08. The SMILES string of the molecule is O=C(O)c1ccccc1-c1c2nc(c(-c3ccccc3C(=O)O)c3ccc([nH]3)c(-c3ccccc3C(=O)O)c3nc(c(-c4ccccc4C(=O)O)c4ccc1[nH]4)C=C3)C=C2. The van der Waals surface area contributed by atoms with Gasteiger partial charge in [-0.2, -0.15) is 0 Å². The number of carboxylic acids is 4. The van der Waals surface area contributed by atoms with E-state index in [1.807, 2.05) is 0 Å². The number of H-pyrrole nitrogens is 2. The van der Waals surface area contributed by atoms with Crippen LogP contribution in [0.1, 0.15) is 64.2 Å². The molecule has 12 heteroatoms. The van der Waals surface area contributed by atoms with E-state index in [-0.39, 0.29) is 22.3 Å². The van der Waals surface area contributed by atoms with E-state index in [1.54, 1.807) is 121 Å². The summed E-state index contributed by atoms with van der Waals surface area (Å²) in [6.45, 7) is 0. The molecule has 0 aliphatic carbocycles. The summed E-state index contributed by atoms with van der Waals surface area (Å²) < 4.78 is 0. The number of rotatable bonds is 8. The molecule has 60 heavy (non-hydrogen) atoms. The van der Waals surface area contributed by atoms with Crippen molar-refractivity contribution >= 4 is 70.2 Å². The zero-order chi connectivity index (χ0) is 41.7. The second kappa shape index (κ2) is 14.7.